The summed E-state index contributed by atoms with van der Waals surface area (Å²) in [5.41, 5.74) is 5.06. The van der Waals surface area contributed by atoms with Crippen LogP contribution in [0.4, 0.5) is 11.4 Å². The van der Waals surface area contributed by atoms with Crippen molar-refractivity contribution in [1.82, 2.24) is 24.9 Å². The standard InChI is InChI=1S/C34H35N7O2S/c1-39(2)27-19-17-26(18-20-27)35-34(43)33(25-13-7-4-8-14-25)40(21-31-36-29(23-44-31)24-11-5-3-6-12-24)32(42)22-41-30-16-10-9-15-28(30)37-38-41/h3-7,9-12,15-20,23,25,33H,8,13-14,21-22H2,1-2H3,(H,35,43)/t25-,33-/m0/s1. The zero-order chi connectivity index (χ0) is 30.5. The number of nitrogens with one attached hydrogen (secondary N) is 1. The molecular formula is C34H35N7O2S. The summed E-state index contributed by atoms with van der Waals surface area (Å²) in [6, 6.07) is 24.5. The highest BCUT2D eigenvalue weighted by Crippen LogP contribution is 2.30. The number of para-hydroxylation sites is 1. The van der Waals surface area contributed by atoms with Crippen molar-refractivity contribution in [3.63, 3.8) is 0 Å². The van der Waals surface area contributed by atoms with Gasteiger partial charge in [-0.25, -0.2) is 9.67 Å². The van der Waals surface area contributed by atoms with Crippen molar-refractivity contribution in [2.24, 2.45) is 5.92 Å². The van der Waals surface area contributed by atoms with Crippen molar-refractivity contribution in [2.75, 3.05) is 24.3 Å². The lowest BCUT2D eigenvalue weighted by atomic mass is 9.86. The van der Waals surface area contributed by atoms with Crippen molar-refractivity contribution in [3.05, 3.63) is 101 Å². The van der Waals surface area contributed by atoms with E-state index in [4.69, 9.17) is 4.98 Å². The molecule has 2 amide bonds. The SMILES string of the molecule is CN(C)c1ccc(NC(=O)[C@H]([C@H]2CC=CCC2)N(Cc2nc(-c3ccccc3)cs2)C(=O)Cn2nnc3ccccc32)cc1. The van der Waals surface area contributed by atoms with Gasteiger partial charge < -0.3 is 15.1 Å². The predicted octanol–water partition coefficient (Wildman–Crippen LogP) is 6.01. The van der Waals surface area contributed by atoms with Crippen molar-refractivity contribution in [1.29, 1.82) is 0 Å². The molecule has 10 heteroatoms. The normalized spacial score (nSPS) is 15.2. The van der Waals surface area contributed by atoms with Crippen LogP contribution in [0.3, 0.4) is 0 Å². The average Bonchev–Trinajstić information content (AvgIpc) is 3.69. The highest BCUT2D eigenvalue weighted by Gasteiger charge is 2.37. The Morgan fingerprint density at radius 2 is 1.77 bits per heavy atom. The molecule has 1 aliphatic rings. The van der Waals surface area contributed by atoms with Gasteiger partial charge in [-0.3, -0.25) is 9.59 Å². The molecule has 3 aromatic carbocycles. The van der Waals surface area contributed by atoms with E-state index in [-0.39, 0.29) is 30.8 Å². The van der Waals surface area contributed by atoms with E-state index in [0.29, 0.717) is 17.6 Å². The van der Waals surface area contributed by atoms with Crippen LogP contribution in [0.1, 0.15) is 24.3 Å². The number of amides is 2. The van der Waals surface area contributed by atoms with Gasteiger partial charge in [0.15, 0.2) is 0 Å². The van der Waals surface area contributed by atoms with Crippen molar-refractivity contribution in [2.45, 2.75) is 38.4 Å². The van der Waals surface area contributed by atoms with Gasteiger partial charge in [0, 0.05) is 36.4 Å². The van der Waals surface area contributed by atoms with Gasteiger partial charge in [-0.2, -0.15) is 0 Å². The fraction of sp³-hybridized carbons (Fsp3) is 0.265. The Kier molecular flexibility index (Phi) is 8.79. The molecule has 224 valence electrons. The average molecular weight is 606 g/mol. The van der Waals surface area contributed by atoms with E-state index < -0.39 is 6.04 Å². The van der Waals surface area contributed by atoms with E-state index in [1.54, 1.807) is 9.58 Å². The van der Waals surface area contributed by atoms with Gasteiger partial charge in [-0.05, 0) is 61.6 Å². The molecule has 1 aliphatic carbocycles. The third-order valence-corrected chi connectivity index (χ3v) is 8.80. The van der Waals surface area contributed by atoms with Crippen LogP contribution in [0.25, 0.3) is 22.3 Å². The molecular weight excluding hydrogens is 570 g/mol. The first-order valence-corrected chi connectivity index (χ1v) is 15.6. The second kappa shape index (κ2) is 13.2. The van der Waals surface area contributed by atoms with Crippen LogP contribution in [-0.2, 0) is 22.7 Å². The minimum absolute atomic E-state index is 0.0404. The molecule has 0 aliphatic heterocycles. The van der Waals surface area contributed by atoms with Gasteiger partial charge >= 0.3 is 0 Å². The maximum atomic E-state index is 14.3. The van der Waals surface area contributed by atoms with E-state index in [0.717, 1.165) is 40.3 Å². The number of nitrogens with zero attached hydrogens (tertiary/aromatic N) is 6. The molecule has 0 bridgehead atoms. The molecule has 0 unspecified atom stereocenters. The van der Waals surface area contributed by atoms with E-state index in [2.05, 4.69) is 27.8 Å². The lowest BCUT2D eigenvalue weighted by Crippen LogP contribution is -2.52. The summed E-state index contributed by atoms with van der Waals surface area (Å²) >= 11 is 1.49. The van der Waals surface area contributed by atoms with Crippen LogP contribution in [0, 0.1) is 5.92 Å². The van der Waals surface area contributed by atoms with Crippen LogP contribution in [0.2, 0.25) is 0 Å². The summed E-state index contributed by atoms with van der Waals surface area (Å²) < 4.78 is 1.61. The smallest absolute Gasteiger partial charge is 0.247 e. The molecule has 0 fully saturated rings. The van der Waals surface area contributed by atoms with E-state index in [1.165, 1.54) is 11.3 Å². The van der Waals surface area contributed by atoms with Crippen LogP contribution >= 0.6 is 11.3 Å². The van der Waals surface area contributed by atoms with E-state index >= 15 is 0 Å². The van der Waals surface area contributed by atoms with Crippen LogP contribution < -0.4 is 10.2 Å². The lowest BCUT2D eigenvalue weighted by molar-refractivity contribution is -0.142. The molecule has 6 rings (SSSR count). The molecule has 44 heavy (non-hydrogen) atoms. The molecule has 2 atom stereocenters. The van der Waals surface area contributed by atoms with Gasteiger partial charge in [0.2, 0.25) is 11.8 Å². The molecule has 0 saturated carbocycles. The molecule has 0 saturated heterocycles. The molecule has 2 heterocycles. The highest BCUT2D eigenvalue weighted by atomic mass is 32.1. The largest absolute Gasteiger partial charge is 0.378 e. The highest BCUT2D eigenvalue weighted by molar-refractivity contribution is 7.09. The second-order valence-electron chi connectivity index (χ2n) is 11.2. The topological polar surface area (TPSA) is 96.2 Å². The van der Waals surface area contributed by atoms with Crippen LogP contribution in [0.5, 0.6) is 0 Å². The predicted molar refractivity (Wildman–Crippen MR) is 175 cm³/mol. The molecule has 5 aromatic rings. The Morgan fingerprint density at radius 1 is 1.00 bits per heavy atom. The number of carbonyl (C=O) groups excluding carboxylic acids is 2. The van der Waals surface area contributed by atoms with Gasteiger partial charge in [0.1, 0.15) is 23.1 Å². The van der Waals surface area contributed by atoms with E-state index in [1.807, 2.05) is 103 Å². The van der Waals surface area contributed by atoms with Gasteiger partial charge in [-0.15, -0.1) is 16.4 Å². The third kappa shape index (κ3) is 6.55. The minimum atomic E-state index is -0.708. The fourth-order valence-corrected chi connectivity index (χ4v) is 6.44. The van der Waals surface area contributed by atoms with E-state index in [9.17, 15) is 9.59 Å². The Balaban J connectivity index is 1.34. The number of benzene rings is 3. The summed E-state index contributed by atoms with van der Waals surface area (Å²) in [5, 5.41) is 14.4. The maximum Gasteiger partial charge on any atom is 0.247 e. The van der Waals surface area contributed by atoms with Crippen molar-refractivity contribution in [3.8, 4) is 11.3 Å². The Hall–Kier alpha value is -4.83. The van der Waals surface area contributed by atoms with Gasteiger partial charge in [0.05, 0.1) is 17.8 Å². The molecule has 2 aromatic heterocycles. The number of anilines is 2. The summed E-state index contributed by atoms with van der Waals surface area (Å²) in [6.45, 7) is 0.169. The second-order valence-corrected chi connectivity index (χ2v) is 12.1. The number of fused-ring (bicyclic) bond motifs is 1. The molecule has 0 spiro atoms. The zero-order valence-electron chi connectivity index (χ0n) is 24.8. The number of aromatic nitrogens is 4. The molecule has 1 N–H and O–H groups in total. The Bertz CT molecular complexity index is 1760. The lowest BCUT2D eigenvalue weighted by Gasteiger charge is -2.36. The monoisotopic (exact) mass is 605 g/mol. The Labute approximate surface area is 260 Å². The quantitative estimate of drug-likeness (QED) is 0.196. The molecule has 9 nitrogen and oxygen atoms in total. The van der Waals surface area contributed by atoms with Gasteiger partial charge in [0.25, 0.3) is 0 Å². The first-order chi connectivity index (χ1) is 21.5. The summed E-state index contributed by atoms with van der Waals surface area (Å²) in [4.78, 5) is 37.1. The summed E-state index contributed by atoms with van der Waals surface area (Å²) in [7, 11) is 3.95. The van der Waals surface area contributed by atoms with Gasteiger partial charge in [-0.1, -0.05) is 59.8 Å². The maximum absolute atomic E-state index is 14.3. The number of hydrogen-bond donors (Lipinski definition) is 1. The number of hydrogen-bond acceptors (Lipinski definition) is 7. The number of thiazole rings is 1. The van der Waals surface area contributed by atoms with Crippen LogP contribution in [0.15, 0.2) is 96.4 Å². The van der Waals surface area contributed by atoms with Crippen molar-refractivity contribution < 1.29 is 9.59 Å². The Morgan fingerprint density at radius 3 is 2.52 bits per heavy atom. The summed E-state index contributed by atoms with van der Waals surface area (Å²) in [6.07, 6.45) is 6.63. The summed E-state index contributed by atoms with van der Waals surface area (Å²) in [5.74, 6) is -0.472. The van der Waals surface area contributed by atoms with Crippen molar-refractivity contribution >= 4 is 45.6 Å². The minimum Gasteiger partial charge on any atom is -0.378 e. The first-order valence-electron chi connectivity index (χ1n) is 14.8. The third-order valence-electron chi connectivity index (χ3n) is 7.96. The first kappa shape index (κ1) is 29.3. The number of carbonyl (C=O) groups is 2. The molecule has 0 radical (unpaired) electrons. The zero-order valence-corrected chi connectivity index (χ0v) is 25.7. The number of rotatable bonds is 10. The fourth-order valence-electron chi connectivity index (χ4n) is 5.64. The van der Waals surface area contributed by atoms with Crippen LogP contribution in [-0.4, -0.2) is 56.8 Å². The number of allylic oxidation sites excluding steroid dienone is 2.